The summed E-state index contributed by atoms with van der Waals surface area (Å²) in [6.07, 6.45) is 1.01. The Morgan fingerprint density at radius 1 is 1.30 bits per heavy atom. The number of anilines is 1. The first-order valence-corrected chi connectivity index (χ1v) is 9.06. The van der Waals surface area contributed by atoms with Gasteiger partial charge in [0.2, 0.25) is 5.82 Å². The van der Waals surface area contributed by atoms with Crippen molar-refractivity contribution in [3.63, 3.8) is 0 Å². The highest BCUT2D eigenvalue weighted by atomic mass is 16.2. The Hall–Kier alpha value is -2.98. The van der Waals surface area contributed by atoms with Crippen molar-refractivity contribution in [2.75, 3.05) is 25.0 Å². The molecule has 1 aromatic heterocycles. The molecule has 140 valence electrons. The second-order valence-electron chi connectivity index (χ2n) is 6.78. The van der Waals surface area contributed by atoms with E-state index in [0.29, 0.717) is 11.6 Å². The van der Waals surface area contributed by atoms with Crippen molar-refractivity contribution in [2.24, 2.45) is 0 Å². The van der Waals surface area contributed by atoms with Crippen molar-refractivity contribution >= 4 is 11.7 Å². The van der Waals surface area contributed by atoms with E-state index < -0.39 is 0 Å². The molecule has 0 unspecified atom stereocenters. The quantitative estimate of drug-likeness (QED) is 0.839. The molecule has 1 aliphatic rings. The molecule has 2 aromatic rings. The van der Waals surface area contributed by atoms with Crippen LogP contribution in [0.4, 0.5) is 5.82 Å². The van der Waals surface area contributed by atoms with Crippen molar-refractivity contribution in [1.82, 2.24) is 20.6 Å². The number of nitrogens with one attached hydrogen (secondary N) is 2. The summed E-state index contributed by atoms with van der Waals surface area (Å²) in [6, 6.07) is 10.1. The molecule has 1 aliphatic heterocycles. The van der Waals surface area contributed by atoms with Crippen LogP contribution < -0.4 is 15.5 Å². The zero-order chi connectivity index (χ0) is 19.4. The third kappa shape index (κ3) is 4.23. The van der Waals surface area contributed by atoms with Crippen LogP contribution in [0.3, 0.4) is 0 Å². The summed E-state index contributed by atoms with van der Waals surface area (Å²) < 4.78 is 0. The van der Waals surface area contributed by atoms with Crippen LogP contribution >= 0.6 is 0 Å². The fourth-order valence-electron chi connectivity index (χ4n) is 3.21. The van der Waals surface area contributed by atoms with Gasteiger partial charge >= 0.3 is 0 Å². The van der Waals surface area contributed by atoms with Gasteiger partial charge < -0.3 is 15.5 Å². The molecule has 1 amide bonds. The lowest BCUT2D eigenvalue weighted by molar-refractivity contribution is 0.0952. The summed E-state index contributed by atoms with van der Waals surface area (Å²) in [4.78, 5) is 22.9. The van der Waals surface area contributed by atoms with Gasteiger partial charge in [-0.25, -0.2) is 9.97 Å². The molecular weight excluding hydrogens is 340 g/mol. The summed E-state index contributed by atoms with van der Waals surface area (Å²) in [5.74, 6) is 0.780. The van der Waals surface area contributed by atoms with Crippen molar-refractivity contribution < 1.29 is 4.79 Å². The van der Waals surface area contributed by atoms with E-state index in [-0.39, 0.29) is 11.7 Å². The van der Waals surface area contributed by atoms with Gasteiger partial charge in [-0.3, -0.25) is 4.79 Å². The van der Waals surface area contributed by atoms with E-state index in [2.05, 4.69) is 31.6 Å². The highest BCUT2D eigenvalue weighted by molar-refractivity contribution is 5.90. The normalized spacial score (nSPS) is 16.2. The van der Waals surface area contributed by atoms with E-state index in [0.717, 1.165) is 48.7 Å². The number of aromatic nitrogens is 2. The van der Waals surface area contributed by atoms with Crippen LogP contribution in [-0.2, 0) is 6.54 Å². The first kappa shape index (κ1) is 18.8. The van der Waals surface area contributed by atoms with E-state index in [1.165, 1.54) is 0 Å². The Labute approximate surface area is 159 Å². The number of nitrogens with zero attached hydrogens (tertiary/aromatic N) is 4. The van der Waals surface area contributed by atoms with Gasteiger partial charge in [0.25, 0.3) is 5.91 Å². The maximum absolute atomic E-state index is 11.9. The molecular formula is C20H24N6O. The number of carbonyl (C=O) groups excluding carboxylic acids is 1. The van der Waals surface area contributed by atoms with E-state index >= 15 is 0 Å². The summed E-state index contributed by atoms with van der Waals surface area (Å²) in [5, 5.41) is 15.0. The molecule has 1 atom stereocenters. The predicted molar refractivity (Wildman–Crippen MR) is 104 cm³/mol. The van der Waals surface area contributed by atoms with Gasteiger partial charge in [0, 0.05) is 44.0 Å². The zero-order valence-corrected chi connectivity index (χ0v) is 15.9. The second-order valence-corrected chi connectivity index (χ2v) is 6.78. The smallest absolute Gasteiger partial charge is 0.288 e. The molecule has 0 radical (unpaired) electrons. The van der Waals surface area contributed by atoms with Gasteiger partial charge in [0.05, 0.1) is 11.6 Å². The molecule has 2 N–H and O–H groups in total. The average Bonchev–Trinajstić information content (AvgIpc) is 3.16. The number of rotatable bonds is 5. The molecule has 0 bridgehead atoms. The summed E-state index contributed by atoms with van der Waals surface area (Å²) in [5.41, 5.74) is 3.67. The highest BCUT2D eigenvalue weighted by Crippen LogP contribution is 2.24. The predicted octanol–water partition coefficient (Wildman–Crippen LogP) is 1.69. The third-order valence-corrected chi connectivity index (χ3v) is 4.96. The van der Waals surface area contributed by atoms with Crippen molar-refractivity contribution in [1.29, 1.82) is 5.26 Å². The van der Waals surface area contributed by atoms with E-state index in [4.69, 9.17) is 5.26 Å². The minimum absolute atomic E-state index is 0.213. The molecule has 2 heterocycles. The second kappa shape index (κ2) is 8.14. The molecule has 1 saturated heterocycles. The van der Waals surface area contributed by atoms with Gasteiger partial charge in [-0.2, -0.15) is 5.26 Å². The Bertz CT molecular complexity index is 871. The van der Waals surface area contributed by atoms with Crippen LogP contribution in [0, 0.1) is 25.2 Å². The number of amides is 1. The van der Waals surface area contributed by atoms with Crippen LogP contribution in [0.2, 0.25) is 0 Å². The highest BCUT2D eigenvalue weighted by Gasteiger charge is 2.26. The monoisotopic (exact) mass is 364 g/mol. The molecule has 3 rings (SSSR count). The van der Waals surface area contributed by atoms with Crippen molar-refractivity contribution in [3.05, 3.63) is 52.5 Å². The molecule has 0 aliphatic carbocycles. The maximum Gasteiger partial charge on any atom is 0.288 e. The number of hydrogen-bond acceptors (Lipinski definition) is 6. The average molecular weight is 364 g/mol. The van der Waals surface area contributed by atoms with Gasteiger partial charge in [-0.15, -0.1) is 0 Å². The van der Waals surface area contributed by atoms with Crippen molar-refractivity contribution in [3.8, 4) is 6.07 Å². The Morgan fingerprint density at radius 2 is 2.04 bits per heavy atom. The molecule has 1 aromatic carbocycles. The summed E-state index contributed by atoms with van der Waals surface area (Å²) in [6.45, 7) is 6.38. The SMILES string of the molecule is CNC(=O)c1nc(C)c(C)c(N2CC[C@@H](NCc3ccc(C#N)cc3)C2)n1. The van der Waals surface area contributed by atoms with E-state index in [1.807, 2.05) is 38.1 Å². The Balaban J connectivity index is 1.66. The molecule has 0 spiro atoms. The first-order chi connectivity index (χ1) is 13.0. The summed E-state index contributed by atoms with van der Waals surface area (Å²) in [7, 11) is 1.58. The lowest BCUT2D eigenvalue weighted by Crippen LogP contribution is -2.33. The lowest BCUT2D eigenvalue weighted by atomic mass is 10.1. The topological polar surface area (TPSA) is 93.9 Å². The third-order valence-electron chi connectivity index (χ3n) is 4.96. The van der Waals surface area contributed by atoms with Crippen LogP contribution in [0.15, 0.2) is 24.3 Å². The number of nitriles is 1. The minimum Gasteiger partial charge on any atom is -0.355 e. The Morgan fingerprint density at radius 3 is 2.70 bits per heavy atom. The van der Waals surface area contributed by atoms with Crippen LogP contribution in [0.5, 0.6) is 0 Å². The molecule has 7 nitrogen and oxygen atoms in total. The van der Waals surface area contributed by atoms with E-state index in [9.17, 15) is 4.79 Å². The number of aryl methyl sites for hydroxylation is 1. The molecule has 27 heavy (non-hydrogen) atoms. The zero-order valence-electron chi connectivity index (χ0n) is 15.9. The standard InChI is InChI=1S/C20H24N6O/c1-13-14(2)24-18(20(27)22-3)25-19(13)26-9-8-17(12-26)23-11-16-6-4-15(10-21)5-7-16/h4-7,17,23H,8-9,11-12H2,1-3H3,(H,22,27)/t17-/m1/s1. The lowest BCUT2D eigenvalue weighted by Gasteiger charge is -2.21. The molecule has 1 fully saturated rings. The number of benzene rings is 1. The van der Waals surface area contributed by atoms with Gasteiger partial charge in [-0.1, -0.05) is 12.1 Å². The summed E-state index contributed by atoms with van der Waals surface area (Å²) >= 11 is 0. The van der Waals surface area contributed by atoms with Gasteiger partial charge in [-0.05, 0) is 38.0 Å². The number of carbonyl (C=O) groups is 1. The maximum atomic E-state index is 11.9. The van der Waals surface area contributed by atoms with Gasteiger partial charge in [0.1, 0.15) is 5.82 Å². The Kier molecular flexibility index (Phi) is 5.67. The largest absolute Gasteiger partial charge is 0.355 e. The molecule has 0 saturated carbocycles. The fourth-order valence-corrected chi connectivity index (χ4v) is 3.21. The van der Waals surface area contributed by atoms with Crippen LogP contribution in [0.25, 0.3) is 0 Å². The first-order valence-electron chi connectivity index (χ1n) is 9.06. The molecule has 7 heteroatoms. The van der Waals surface area contributed by atoms with Crippen molar-refractivity contribution in [2.45, 2.75) is 32.9 Å². The van der Waals surface area contributed by atoms with Crippen LogP contribution in [-0.4, -0.2) is 42.1 Å². The minimum atomic E-state index is -0.269. The van der Waals surface area contributed by atoms with E-state index in [1.54, 1.807) is 7.05 Å². The van der Waals surface area contributed by atoms with Crippen LogP contribution in [0.1, 0.15) is 39.4 Å². The fraction of sp³-hybridized carbons (Fsp3) is 0.400. The number of hydrogen-bond donors (Lipinski definition) is 2. The van der Waals surface area contributed by atoms with Gasteiger partial charge in [0.15, 0.2) is 0 Å².